The van der Waals surface area contributed by atoms with Crippen LogP contribution in [0.15, 0.2) is 64.0 Å². The summed E-state index contributed by atoms with van der Waals surface area (Å²) in [6, 6.07) is 15.5. The number of anilines is 1. The van der Waals surface area contributed by atoms with Crippen molar-refractivity contribution in [2.45, 2.75) is 0 Å². The minimum Gasteiger partial charge on any atom is -0.267 e. The Morgan fingerprint density at radius 1 is 1.12 bits per heavy atom. The summed E-state index contributed by atoms with van der Waals surface area (Å²) >= 11 is 1.49. The first kappa shape index (κ1) is 14.5. The molecule has 1 aromatic heterocycles. The number of hydrazone groups is 1. The predicted octanol–water partition coefficient (Wildman–Crippen LogP) is 3.83. The zero-order valence-electron chi connectivity index (χ0n) is 12.5. The molecule has 0 atom stereocenters. The van der Waals surface area contributed by atoms with Crippen molar-refractivity contribution >= 4 is 34.8 Å². The summed E-state index contributed by atoms with van der Waals surface area (Å²) in [7, 11) is 0. The number of nitrogens with zero attached hydrogens (tertiary/aromatic N) is 3. The second kappa shape index (κ2) is 6.17. The van der Waals surface area contributed by atoms with Gasteiger partial charge in [-0.15, -0.1) is 11.3 Å². The van der Waals surface area contributed by atoms with Gasteiger partial charge in [0.05, 0.1) is 17.5 Å². The Kier molecular flexibility index (Phi) is 3.72. The van der Waals surface area contributed by atoms with Gasteiger partial charge in [-0.1, -0.05) is 42.5 Å². The number of amides is 1. The first-order valence-corrected chi connectivity index (χ1v) is 8.20. The molecular formula is C18H12N4OS. The van der Waals surface area contributed by atoms with Gasteiger partial charge in [-0.25, -0.2) is 9.98 Å². The average Bonchev–Trinajstić information content (AvgIpc) is 3.23. The van der Waals surface area contributed by atoms with E-state index in [1.807, 2.05) is 47.8 Å². The number of thiazole rings is 1. The molecule has 0 saturated heterocycles. The molecule has 1 aliphatic rings. The number of fused-ring (bicyclic) bond motifs is 1. The molecule has 1 N–H and O–H groups in total. The third-order valence-electron chi connectivity index (χ3n) is 3.58. The summed E-state index contributed by atoms with van der Waals surface area (Å²) in [6.45, 7) is 0. The van der Waals surface area contributed by atoms with Crippen LogP contribution in [0.2, 0.25) is 0 Å². The third-order valence-corrected chi connectivity index (χ3v) is 4.32. The van der Waals surface area contributed by atoms with Gasteiger partial charge in [-0.05, 0) is 11.6 Å². The topological polar surface area (TPSA) is 66.7 Å². The van der Waals surface area contributed by atoms with Crippen molar-refractivity contribution in [1.82, 2.24) is 4.98 Å². The molecule has 0 saturated carbocycles. The molecule has 5 nitrogen and oxygen atoms in total. The first-order valence-electron chi connectivity index (χ1n) is 7.32. The van der Waals surface area contributed by atoms with Gasteiger partial charge in [-0.3, -0.25) is 10.2 Å². The number of hydrogen-bond acceptors (Lipinski definition) is 5. The average molecular weight is 332 g/mol. The lowest BCUT2D eigenvalue weighted by Gasteiger charge is -1.98. The van der Waals surface area contributed by atoms with Crippen LogP contribution in [0.1, 0.15) is 21.5 Å². The molecule has 2 heterocycles. The summed E-state index contributed by atoms with van der Waals surface area (Å²) in [6.07, 6.45) is 3.24. The number of nitrogens with one attached hydrogen (secondary N) is 1. The summed E-state index contributed by atoms with van der Waals surface area (Å²) in [4.78, 5) is 19.9. The number of benzene rings is 2. The normalized spacial score (nSPS) is 12.8. The lowest BCUT2D eigenvalue weighted by molar-refractivity contribution is 0.101. The highest BCUT2D eigenvalue weighted by Crippen LogP contribution is 2.24. The van der Waals surface area contributed by atoms with Crippen LogP contribution in [0, 0.1) is 0 Å². The number of aromatic nitrogens is 1. The predicted molar refractivity (Wildman–Crippen MR) is 97.1 cm³/mol. The van der Waals surface area contributed by atoms with Crippen LogP contribution >= 0.6 is 11.3 Å². The van der Waals surface area contributed by atoms with Crippen molar-refractivity contribution in [2.24, 2.45) is 10.1 Å². The molecule has 2 aromatic carbocycles. The number of hydrogen-bond donors (Lipinski definition) is 1. The maximum atomic E-state index is 11.6. The Labute approximate surface area is 142 Å². The largest absolute Gasteiger partial charge is 0.277 e. The van der Waals surface area contributed by atoms with Crippen molar-refractivity contribution in [2.75, 3.05) is 5.43 Å². The highest BCUT2D eigenvalue weighted by molar-refractivity contribution is 7.14. The van der Waals surface area contributed by atoms with E-state index >= 15 is 0 Å². The van der Waals surface area contributed by atoms with Gasteiger partial charge in [0.15, 0.2) is 0 Å². The van der Waals surface area contributed by atoms with E-state index in [-0.39, 0.29) is 5.91 Å². The standard InChI is InChI=1S/C18H12N4OS/c23-17-15-8-12(6-7-14(15)10-19-17)9-20-22-18-21-16(11-24-18)13-4-2-1-3-5-13/h1-11H,(H,21,22). The number of rotatable bonds is 4. The minimum atomic E-state index is -0.208. The fraction of sp³-hybridized carbons (Fsp3) is 0. The van der Waals surface area contributed by atoms with Gasteiger partial charge >= 0.3 is 0 Å². The van der Waals surface area contributed by atoms with E-state index < -0.39 is 0 Å². The van der Waals surface area contributed by atoms with Crippen LogP contribution in [0.4, 0.5) is 5.13 Å². The van der Waals surface area contributed by atoms with Crippen molar-refractivity contribution in [1.29, 1.82) is 0 Å². The maximum Gasteiger partial charge on any atom is 0.277 e. The summed E-state index contributed by atoms with van der Waals surface area (Å²) in [5, 5.41) is 6.89. The monoisotopic (exact) mass is 332 g/mol. The molecule has 0 aliphatic carbocycles. The summed E-state index contributed by atoms with van der Waals surface area (Å²) < 4.78 is 0. The molecule has 1 aliphatic heterocycles. The molecule has 0 radical (unpaired) electrons. The van der Waals surface area contributed by atoms with Crippen LogP contribution in [0.5, 0.6) is 0 Å². The fourth-order valence-electron chi connectivity index (χ4n) is 2.38. The highest BCUT2D eigenvalue weighted by atomic mass is 32.1. The van der Waals surface area contributed by atoms with Gasteiger partial charge in [0, 0.05) is 22.7 Å². The summed E-state index contributed by atoms with van der Waals surface area (Å²) in [5.74, 6) is -0.208. The van der Waals surface area contributed by atoms with E-state index in [0.29, 0.717) is 10.7 Å². The molecule has 6 heteroatoms. The fourth-order valence-corrected chi connectivity index (χ4v) is 3.05. The lowest BCUT2D eigenvalue weighted by atomic mass is 10.1. The van der Waals surface area contributed by atoms with Gasteiger partial charge in [-0.2, -0.15) is 5.10 Å². The van der Waals surface area contributed by atoms with E-state index in [1.54, 1.807) is 18.5 Å². The van der Waals surface area contributed by atoms with Crippen LogP contribution in [0.25, 0.3) is 11.3 Å². The highest BCUT2D eigenvalue weighted by Gasteiger charge is 2.14. The van der Waals surface area contributed by atoms with E-state index in [0.717, 1.165) is 22.4 Å². The zero-order chi connectivity index (χ0) is 16.4. The van der Waals surface area contributed by atoms with Gasteiger partial charge < -0.3 is 0 Å². The van der Waals surface area contributed by atoms with Gasteiger partial charge in [0.1, 0.15) is 0 Å². The molecule has 0 spiro atoms. The van der Waals surface area contributed by atoms with Crippen LogP contribution in [-0.4, -0.2) is 23.3 Å². The van der Waals surface area contributed by atoms with Crippen molar-refractivity contribution in [3.63, 3.8) is 0 Å². The molecule has 0 unspecified atom stereocenters. The third kappa shape index (κ3) is 2.87. The van der Waals surface area contributed by atoms with Crippen LogP contribution in [-0.2, 0) is 0 Å². The first-order chi connectivity index (χ1) is 11.8. The van der Waals surface area contributed by atoms with Gasteiger partial charge in [0.25, 0.3) is 5.91 Å². The Hall–Kier alpha value is -3.12. The molecule has 1 amide bonds. The quantitative estimate of drug-likeness (QED) is 0.583. The van der Waals surface area contributed by atoms with E-state index in [1.165, 1.54) is 11.3 Å². The zero-order valence-corrected chi connectivity index (χ0v) is 13.3. The molecule has 0 fully saturated rings. The second-order valence-corrected chi connectivity index (χ2v) is 6.04. The Morgan fingerprint density at radius 3 is 2.88 bits per heavy atom. The van der Waals surface area contributed by atoms with Crippen LogP contribution in [0.3, 0.4) is 0 Å². The molecule has 24 heavy (non-hydrogen) atoms. The van der Waals surface area contributed by atoms with Crippen molar-refractivity contribution in [3.05, 3.63) is 70.6 Å². The Bertz CT molecular complexity index is 960. The molecular weight excluding hydrogens is 320 g/mol. The molecule has 3 aromatic rings. The Morgan fingerprint density at radius 2 is 2.00 bits per heavy atom. The number of aliphatic imine (C=N–C) groups is 1. The van der Waals surface area contributed by atoms with Crippen molar-refractivity contribution in [3.8, 4) is 11.3 Å². The van der Waals surface area contributed by atoms with Crippen LogP contribution < -0.4 is 5.43 Å². The van der Waals surface area contributed by atoms with E-state index in [9.17, 15) is 4.79 Å². The van der Waals surface area contributed by atoms with E-state index in [4.69, 9.17) is 0 Å². The molecule has 4 rings (SSSR count). The molecule has 0 bridgehead atoms. The molecule has 116 valence electrons. The summed E-state index contributed by atoms with van der Waals surface area (Å²) in [5.41, 5.74) is 7.20. The number of carbonyl (C=O) groups excluding carboxylic acids is 1. The SMILES string of the molecule is O=C1N=Cc2ccc(C=NNc3nc(-c4ccccc4)cs3)cc21. The smallest absolute Gasteiger partial charge is 0.267 e. The Balaban J connectivity index is 1.46. The van der Waals surface area contributed by atoms with Crippen molar-refractivity contribution < 1.29 is 4.79 Å². The van der Waals surface area contributed by atoms with Gasteiger partial charge in [0.2, 0.25) is 5.13 Å². The lowest BCUT2D eigenvalue weighted by Crippen LogP contribution is -1.95. The maximum absolute atomic E-state index is 11.6. The second-order valence-electron chi connectivity index (χ2n) is 5.18. The van der Waals surface area contributed by atoms with E-state index in [2.05, 4.69) is 20.5 Å². The minimum absolute atomic E-state index is 0.208. The number of carbonyl (C=O) groups is 1.